The minimum atomic E-state index is -3.59. The highest BCUT2D eigenvalue weighted by Gasteiger charge is 2.39. The molecule has 0 amide bonds. The molecule has 0 spiro atoms. The minimum absolute atomic E-state index is 0.254. The predicted molar refractivity (Wildman–Crippen MR) is 96.1 cm³/mol. The number of hydrogen-bond donors (Lipinski definition) is 0. The Morgan fingerprint density at radius 3 is 2.69 bits per heavy atom. The Hall–Kier alpha value is -2.95. The van der Waals surface area contributed by atoms with Crippen LogP contribution in [0.5, 0.6) is 5.88 Å². The molecule has 2 heterocycles. The first-order chi connectivity index (χ1) is 12.6. The average Bonchev–Trinajstić information content (AvgIpc) is 2.63. The number of aromatic nitrogens is 1. The summed E-state index contributed by atoms with van der Waals surface area (Å²) in [7, 11) is -3.59. The Morgan fingerprint density at radius 1 is 1.12 bits per heavy atom. The van der Waals surface area contributed by atoms with Crippen LogP contribution in [0.25, 0.3) is 10.8 Å². The Balaban J connectivity index is 1.52. The fourth-order valence-corrected chi connectivity index (χ4v) is 4.66. The molecule has 1 saturated heterocycles. The van der Waals surface area contributed by atoms with Crippen LogP contribution < -0.4 is 4.74 Å². The third-order valence-electron chi connectivity index (χ3n) is 4.33. The van der Waals surface area contributed by atoms with Crippen molar-refractivity contribution in [3.05, 3.63) is 66.4 Å². The van der Waals surface area contributed by atoms with E-state index in [0.717, 1.165) is 5.39 Å². The van der Waals surface area contributed by atoms with Gasteiger partial charge in [-0.05, 0) is 17.5 Å². The van der Waals surface area contributed by atoms with Crippen LogP contribution in [0.4, 0.5) is 0 Å². The largest absolute Gasteiger partial charge is 0.471 e. The third kappa shape index (κ3) is 2.90. The van der Waals surface area contributed by atoms with Gasteiger partial charge in [-0.2, -0.15) is 9.57 Å². The van der Waals surface area contributed by atoms with Gasteiger partial charge in [0.15, 0.2) is 0 Å². The van der Waals surface area contributed by atoms with Gasteiger partial charge in [0.2, 0.25) is 15.9 Å². The summed E-state index contributed by atoms with van der Waals surface area (Å²) in [5, 5.41) is 10.5. The second-order valence-corrected chi connectivity index (χ2v) is 7.94. The highest BCUT2D eigenvalue weighted by molar-refractivity contribution is 7.89. The SMILES string of the molecule is N#Cc1ccnc(OC2CN(S(=O)(=O)c3cccc4ccccc34)C2)c1. The Morgan fingerprint density at radius 2 is 1.88 bits per heavy atom. The lowest BCUT2D eigenvalue weighted by Crippen LogP contribution is -2.56. The lowest BCUT2D eigenvalue weighted by Gasteiger charge is -2.37. The van der Waals surface area contributed by atoms with E-state index in [2.05, 4.69) is 4.98 Å². The van der Waals surface area contributed by atoms with Crippen LogP contribution in [0.1, 0.15) is 5.56 Å². The fourth-order valence-electron chi connectivity index (χ4n) is 2.95. The van der Waals surface area contributed by atoms with E-state index in [0.29, 0.717) is 21.7 Å². The van der Waals surface area contributed by atoms with Gasteiger partial charge in [-0.1, -0.05) is 36.4 Å². The Bertz CT molecular complexity index is 1110. The summed E-state index contributed by atoms with van der Waals surface area (Å²) in [6.45, 7) is 0.508. The normalized spacial score (nSPS) is 15.3. The summed E-state index contributed by atoms with van der Waals surface area (Å²) >= 11 is 0. The molecule has 0 saturated carbocycles. The van der Waals surface area contributed by atoms with Gasteiger partial charge < -0.3 is 4.74 Å². The molecule has 1 aliphatic rings. The molecule has 1 aromatic heterocycles. The molecular formula is C19H15N3O3S. The van der Waals surface area contributed by atoms with E-state index < -0.39 is 10.0 Å². The summed E-state index contributed by atoms with van der Waals surface area (Å²) in [6.07, 6.45) is 1.22. The molecule has 0 atom stereocenters. The van der Waals surface area contributed by atoms with Crippen molar-refractivity contribution in [2.75, 3.05) is 13.1 Å². The Labute approximate surface area is 151 Å². The van der Waals surface area contributed by atoms with Gasteiger partial charge >= 0.3 is 0 Å². The summed E-state index contributed by atoms with van der Waals surface area (Å²) in [5.74, 6) is 0.330. The minimum Gasteiger partial charge on any atom is -0.471 e. The van der Waals surface area contributed by atoms with Crippen molar-refractivity contribution in [2.24, 2.45) is 0 Å². The smallest absolute Gasteiger partial charge is 0.243 e. The van der Waals surface area contributed by atoms with Gasteiger partial charge in [0.25, 0.3) is 0 Å². The van der Waals surface area contributed by atoms with Gasteiger partial charge in [0, 0.05) is 17.6 Å². The molecule has 3 aromatic rings. The number of hydrogen-bond acceptors (Lipinski definition) is 5. The molecule has 7 heteroatoms. The van der Waals surface area contributed by atoms with Crippen molar-refractivity contribution in [1.82, 2.24) is 9.29 Å². The number of benzene rings is 2. The zero-order valence-electron chi connectivity index (χ0n) is 13.7. The van der Waals surface area contributed by atoms with E-state index >= 15 is 0 Å². The van der Waals surface area contributed by atoms with Gasteiger partial charge in [0.1, 0.15) is 6.10 Å². The molecular weight excluding hydrogens is 350 g/mol. The van der Waals surface area contributed by atoms with E-state index in [-0.39, 0.29) is 19.2 Å². The van der Waals surface area contributed by atoms with Crippen molar-refractivity contribution >= 4 is 20.8 Å². The monoisotopic (exact) mass is 365 g/mol. The third-order valence-corrected chi connectivity index (χ3v) is 6.22. The number of fused-ring (bicyclic) bond motifs is 1. The van der Waals surface area contributed by atoms with E-state index in [9.17, 15) is 8.42 Å². The molecule has 0 unspecified atom stereocenters. The van der Waals surface area contributed by atoms with E-state index in [4.69, 9.17) is 10.00 Å². The second kappa shape index (κ2) is 6.41. The molecule has 0 radical (unpaired) electrons. The first-order valence-electron chi connectivity index (χ1n) is 8.08. The summed E-state index contributed by atoms with van der Waals surface area (Å²) in [6, 6.07) is 17.8. The van der Waals surface area contributed by atoms with Crippen molar-refractivity contribution in [2.45, 2.75) is 11.0 Å². The highest BCUT2D eigenvalue weighted by atomic mass is 32.2. The van der Waals surface area contributed by atoms with Crippen LogP contribution in [0.3, 0.4) is 0 Å². The number of sulfonamides is 1. The molecule has 1 aliphatic heterocycles. The molecule has 6 nitrogen and oxygen atoms in total. The fraction of sp³-hybridized carbons (Fsp3) is 0.158. The summed E-state index contributed by atoms with van der Waals surface area (Å²) < 4.78 is 32.9. The molecule has 0 N–H and O–H groups in total. The highest BCUT2D eigenvalue weighted by Crippen LogP contribution is 2.29. The molecule has 26 heavy (non-hydrogen) atoms. The van der Waals surface area contributed by atoms with Gasteiger partial charge in [0.05, 0.1) is 29.6 Å². The summed E-state index contributed by atoms with van der Waals surface area (Å²) in [4.78, 5) is 4.36. The van der Waals surface area contributed by atoms with Crippen molar-refractivity contribution < 1.29 is 13.2 Å². The van der Waals surface area contributed by atoms with Crippen LogP contribution in [0.15, 0.2) is 65.7 Å². The van der Waals surface area contributed by atoms with Crippen molar-refractivity contribution in [3.63, 3.8) is 0 Å². The molecule has 1 fully saturated rings. The van der Waals surface area contributed by atoms with E-state index in [1.807, 2.05) is 36.4 Å². The van der Waals surface area contributed by atoms with Crippen LogP contribution in [-0.2, 0) is 10.0 Å². The first-order valence-corrected chi connectivity index (χ1v) is 9.53. The van der Waals surface area contributed by atoms with Crippen LogP contribution in [-0.4, -0.2) is 36.9 Å². The number of nitriles is 1. The topological polar surface area (TPSA) is 83.3 Å². The zero-order valence-corrected chi connectivity index (χ0v) is 14.6. The lowest BCUT2D eigenvalue weighted by atomic mass is 10.1. The molecule has 130 valence electrons. The summed E-state index contributed by atoms with van der Waals surface area (Å²) in [5.41, 5.74) is 0.453. The maximum atomic E-state index is 12.9. The standard InChI is InChI=1S/C19H15N3O3S/c20-11-14-8-9-21-19(10-14)25-16-12-22(13-16)26(23,24)18-7-3-5-15-4-1-2-6-17(15)18/h1-10,16H,12-13H2. The molecule has 0 aliphatic carbocycles. The van der Waals surface area contributed by atoms with Crippen LogP contribution in [0, 0.1) is 11.3 Å². The van der Waals surface area contributed by atoms with Gasteiger partial charge in [-0.3, -0.25) is 0 Å². The first kappa shape index (κ1) is 16.5. The van der Waals surface area contributed by atoms with Gasteiger partial charge in [-0.15, -0.1) is 0 Å². The molecule has 0 bridgehead atoms. The van der Waals surface area contributed by atoms with Crippen molar-refractivity contribution in [1.29, 1.82) is 5.26 Å². The average molecular weight is 365 g/mol. The maximum absolute atomic E-state index is 12.9. The Kier molecular flexibility index (Phi) is 4.07. The van der Waals surface area contributed by atoms with Crippen LogP contribution >= 0.6 is 0 Å². The molecule has 2 aromatic carbocycles. The number of nitrogens with zero attached hydrogens (tertiary/aromatic N) is 3. The number of ether oxygens (including phenoxy) is 1. The van der Waals surface area contributed by atoms with Gasteiger partial charge in [-0.25, -0.2) is 13.4 Å². The predicted octanol–water partition coefficient (Wildman–Crippen LogP) is 2.56. The maximum Gasteiger partial charge on any atom is 0.243 e. The lowest BCUT2D eigenvalue weighted by molar-refractivity contribution is 0.0721. The van der Waals surface area contributed by atoms with E-state index in [1.54, 1.807) is 24.3 Å². The van der Waals surface area contributed by atoms with Crippen LogP contribution in [0.2, 0.25) is 0 Å². The number of rotatable bonds is 4. The van der Waals surface area contributed by atoms with E-state index in [1.165, 1.54) is 10.5 Å². The molecule has 4 rings (SSSR count). The zero-order chi connectivity index (χ0) is 18.1. The second-order valence-electron chi connectivity index (χ2n) is 6.03. The quantitative estimate of drug-likeness (QED) is 0.709. The number of pyridine rings is 1. The van der Waals surface area contributed by atoms with Crippen molar-refractivity contribution in [3.8, 4) is 11.9 Å².